The molecule has 1 saturated carbocycles. The molecule has 1 saturated heterocycles. The van der Waals surface area contributed by atoms with Crippen molar-refractivity contribution in [3.05, 3.63) is 56.2 Å². The molecule has 30 heavy (non-hydrogen) atoms. The summed E-state index contributed by atoms with van der Waals surface area (Å²) in [5, 5.41) is 0.816. The standard InChI is InChI=1S/C23H24Cl2N2O2S/c1-14-11-17(15(2)27(14)19-10-6-9-18(24)21(19)25)12-20-22(28)26(23(29)30-20)13-16-7-4-3-5-8-16/h6,9-12,16H,3-5,7-8,13H2,1-2H3/b20-12+. The number of imide groups is 1. The molecular formula is C23H24Cl2N2O2S. The zero-order chi connectivity index (χ0) is 21.4. The Kier molecular flexibility index (Phi) is 6.33. The van der Waals surface area contributed by atoms with Crippen LogP contribution in [0.5, 0.6) is 0 Å². The van der Waals surface area contributed by atoms with Crippen LogP contribution in [0.2, 0.25) is 10.0 Å². The molecule has 0 N–H and O–H groups in total. The van der Waals surface area contributed by atoms with Gasteiger partial charge in [0.1, 0.15) is 0 Å². The Balaban J connectivity index is 1.62. The molecule has 0 radical (unpaired) electrons. The average Bonchev–Trinajstić information content (AvgIpc) is 3.15. The van der Waals surface area contributed by atoms with Gasteiger partial charge in [-0.15, -0.1) is 0 Å². The minimum Gasteiger partial charge on any atom is -0.316 e. The maximum absolute atomic E-state index is 12.9. The van der Waals surface area contributed by atoms with Gasteiger partial charge in [0.2, 0.25) is 0 Å². The molecule has 1 aromatic carbocycles. The van der Waals surface area contributed by atoms with Gasteiger partial charge in [-0.25, -0.2) is 0 Å². The van der Waals surface area contributed by atoms with Crippen molar-refractivity contribution < 1.29 is 9.59 Å². The number of amides is 2. The van der Waals surface area contributed by atoms with Crippen molar-refractivity contribution >= 4 is 52.2 Å². The number of carbonyl (C=O) groups excluding carboxylic acids is 2. The van der Waals surface area contributed by atoms with Crippen LogP contribution in [0.15, 0.2) is 29.2 Å². The molecule has 2 aliphatic rings. The van der Waals surface area contributed by atoms with Crippen molar-refractivity contribution in [2.24, 2.45) is 5.92 Å². The summed E-state index contributed by atoms with van der Waals surface area (Å²) in [6.45, 7) is 4.50. The van der Waals surface area contributed by atoms with Crippen molar-refractivity contribution in [3.63, 3.8) is 0 Å². The maximum Gasteiger partial charge on any atom is 0.293 e. The third kappa shape index (κ3) is 4.08. The molecule has 2 fully saturated rings. The summed E-state index contributed by atoms with van der Waals surface area (Å²) < 4.78 is 2.02. The van der Waals surface area contributed by atoms with Gasteiger partial charge >= 0.3 is 0 Å². The van der Waals surface area contributed by atoms with E-state index in [4.69, 9.17) is 23.2 Å². The molecule has 0 bridgehead atoms. The Hall–Kier alpha value is -1.69. The van der Waals surface area contributed by atoms with E-state index in [9.17, 15) is 9.59 Å². The number of rotatable bonds is 4. The van der Waals surface area contributed by atoms with E-state index in [-0.39, 0.29) is 11.1 Å². The zero-order valence-electron chi connectivity index (χ0n) is 17.1. The predicted octanol–water partition coefficient (Wildman–Crippen LogP) is 7.02. The lowest BCUT2D eigenvalue weighted by atomic mass is 9.89. The van der Waals surface area contributed by atoms with Crippen molar-refractivity contribution in [3.8, 4) is 5.69 Å². The Morgan fingerprint density at radius 3 is 2.60 bits per heavy atom. The number of hydrogen-bond acceptors (Lipinski definition) is 3. The first-order valence-corrected chi connectivity index (χ1v) is 11.8. The zero-order valence-corrected chi connectivity index (χ0v) is 19.4. The normalized spacial score (nSPS) is 19.3. The Bertz CT molecular complexity index is 1040. The van der Waals surface area contributed by atoms with Crippen molar-refractivity contribution in [2.45, 2.75) is 46.0 Å². The fraction of sp³-hybridized carbons (Fsp3) is 0.391. The van der Waals surface area contributed by atoms with Crippen LogP contribution in [0.4, 0.5) is 4.79 Å². The minimum atomic E-state index is -0.179. The quantitative estimate of drug-likeness (QED) is 0.458. The highest BCUT2D eigenvalue weighted by atomic mass is 35.5. The van der Waals surface area contributed by atoms with Gasteiger partial charge in [0.25, 0.3) is 11.1 Å². The van der Waals surface area contributed by atoms with E-state index < -0.39 is 0 Å². The van der Waals surface area contributed by atoms with Crippen LogP contribution in [0.25, 0.3) is 11.8 Å². The number of halogens is 2. The summed E-state index contributed by atoms with van der Waals surface area (Å²) in [7, 11) is 0. The lowest BCUT2D eigenvalue weighted by molar-refractivity contribution is -0.123. The Labute approximate surface area is 191 Å². The summed E-state index contributed by atoms with van der Waals surface area (Å²) in [5.74, 6) is 0.253. The third-order valence-electron chi connectivity index (χ3n) is 5.97. The highest BCUT2D eigenvalue weighted by molar-refractivity contribution is 8.18. The molecule has 2 heterocycles. The number of hydrogen-bond donors (Lipinski definition) is 0. The van der Waals surface area contributed by atoms with Gasteiger partial charge in [-0.05, 0) is 74.2 Å². The highest BCUT2D eigenvalue weighted by Gasteiger charge is 2.36. The minimum absolute atomic E-state index is 0.163. The van der Waals surface area contributed by atoms with Gasteiger partial charge in [-0.1, -0.05) is 48.5 Å². The van der Waals surface area contributed by atoms with Crippen LogP contribution in [0.3, 0.4) is 0 Å². The largest absolute Gasteiger partial charge is 0.316 e. The monoisotopic (exact) mass is 462 g/mol. The molecule has 4 rings (SSSR count). The number of aryl methyl sites for hydroxylation is 1. The van der Waals surface area contributed by atoms with E-state index >= 15 is 0 Å². The van der Waals surface area contributed by atoms with E-state index in [1.165, 1.54) is 24.2 Å². The number of aromatic nitrogens is 1. The Morgan fingerprint density at radius 1 is 1.13 bits per heavy atom. The molecule has 2 aromatic rings. The molecular weight excluding hydrogens is 439 g/mol. The summed E-state index contributed by atoms with van der Waals surface area (Å²) in [5.41, 5.74) is 3.61. The molecule has 2 amide bonds. The molecule has 1 aromatic heterocycles. The first-order chi connectivity index (χ1) is 14.4. The maximum atomic E-state index is 12.9. The molecule has 1 aliphatic heterocycles. The first-order valence-electron chi connectivity index (χ1n) is 10.3. The third-order valence-corrected chi connectivity index (χ3v) is 7.68. The molecule has 0 unspecified atom stereocenters. The topological polar surface area (TPSA) is 42.3 Å². The first kappa shape index (κ1) is 21.5. The molecule has 0 atom stereocenters. The van der Waals surface area contributed by atoms with Crippen LogP contribution >= 0.6 is 35.0 Å². The van der Waals surface area contributed by atoms with Gasteiger partial charge in [0.05, 0.1) is 20.6 Å². The van der Waals surface area contributed by atoms with Crippen molar-refractivity contribution in [1.82, 2.24) is 9.47 Å². The lowest BCUT2D eigenvalue weighted by Crippen LogP contribution is -2.34. The van der Waals surface area contributed by atoms with Gasteiger partial charge < -0.3 is 4.57 Å². The van der Waals surface area contributed by atoms with Gasteiger partial charge in [-0.3, -0.25) is 14.5 Å². The van der Waals surface area contributed by atoms with E-state index in [2.05, 4.69) is 0 Å². The Morgan fingerprint density at radius 2 is 1.87 bits per heavy atom. The fourth-order valence-corrected chi connectivity index (χ4v) is 5.62. The summed E-state index contributed by atoms with van der Waals surface area (Å²) in [6.07, 6.45) is 7.65. The SMILES string of the molecule is Cc1cc(/C=C2/SC(=O)N(CC3CCCCC3)C2=O)c(C)n1-c1cccc(Cl)c1Cl. The van der Waals surface area contributed by atoms with E-state index in [1.807, 2.05) is 42.7 Å². The van der Waals surface area contributed by atoms with E-state index in [0.717, 1.165) is 47.2 Å². The number of thioether (sulfide) groups is 1. The lowest BCUT2D eigenvalue weighted by Gasteiger charge is -2.25. The molecule has 1 aliphatic carbocycles. The average molecular weight is 463 g/mol. The summed E-state index contributed by atoms with van der Waals surface area (Å²) in [4.78, 5) is 27.4. The van der Waals surface area contributed by atoms with Crippen molar-refractivity contribution in [2.75, 3.05) is 6.54 Å². The summed E-state index contributed by atoms with van der Waals surface area (Å²) >= 11 is 13.7. The second-order valence-corrected chi connectivity index (χ2v) is 9.81. The van der Waals surface area contributed by atoms with Crippen LogP contribution in [0, 0.1) is 19.8 Å². The van der Waals surface area contributed by atoms with Gasteiger partial charge in [0, 0.05) is 17.9 Å². The van der Waals surface area contributed by atoms with Crippen LogP contribution in [-0.2, 0) is 4.79 Å². The van der Waals surface area contributed by atoms with Gasteiger partial charge in [0.15, 0.2) is 0 Å². The molecule has 7 heteroatoms. The number of benzene rings is 1. The van der Waals surface area contributed by atoms with E-state index in [0.29, 0.717) is 27.4 Å². The molecule has 0 spiro atoms. The second-order valence-electron chi connectivity index (χ2n) is 8.03. The number of nitrogens with zero attached hydrogens (tertiary/aromatic N) is 2. The van der Waals surface area contributed by atoms with Crippen LogP contribution in [0.1, 0.15) is 49.1 Å². The predicted molar refractivity (Wildman–Crippen MR) is 125 cm³/mol. The molecule has 4 nitrogen and oxygen atoms in total. The summed E-state index contributed by atoms with van der Waals surface area (Å²) in [6, 6.07) is 7.53. The van der Waals surface area contributed by atoms with Crippen LogP contribution < -0.4 is 0 Å². The van der Waals surface area contributed by atoms with Crippen molar-refractivity contribution in [1.29, 1.82) is 0 Å². The highest BCUT2D eigenvalue weighted by Crippen LogP contribution is 2.37. The van der Waals surface area contributed by atoms with Crippen LogP contribution in [-0.4, -0.2) is 27.2 Å². The van der Waals surface area contributed by atoms with E-state index in [1.54, 1.807) is 6.07 Å². The number of carbonyl (C=O) groups is 2. The second kappa shape index (κ2) is 8.81. The fourth-order valence-electron chi connectivity index (χ4n) is 4.40. The smallest absolute Gasteiger partial charge is 0.293 e. The molecule has 158 valence electrons. The van der Waals surface area contributed by atoms with Gasteiger partial charge in [-0.2, -0.15) is 0 Å².